The lowest BCUT2D eigenvalue weighted by Crippen LogP contribution is -2.53. The van der Waals surface area contributed by atoms with Gasteiger partial charge in [-0.3, -0.25) is 9.59 Å². The lowest BCUT2D eigenvalue weighted by molar-refractivity contribution is -0.142. The van der Waals surface area contributed by atoms with Crippen LogP contribution in [0.15, 0.2) is 24.3 Å². The van der Waals surface area contributed by atoms with Gasteiger partial charge in [-0.25, -0.2) is 0 Å². The molecule has 2 aliphatic heterocycles. The third kappa shape index (κ3) is 6.88. The van der Waals surface area contributed by atoms with Crippen molar-refractivity contribution >= 4 is 23.4 Å². The number of hydrogen-bond acceptors (Lipinski definition) is 4. The minimum atomic E-state index is -0.360. The second kappa shape index (κ2) is 11.8. The molecule has 34 heavy (non-hydrogen) atoms. The molecule has 0 unspecified atom stereocenters. The van der Waals surface area contributed by atoms with E-state index in [4.69, 9.17) is 16.3 Å². The summed E-state index contributed by atoms with van der Waals surface area (Å²) >= 11 is 6.03. The molecule has 1 aromatic rings. The molecular formula is C27H40ClN3O3. The lowest BCUT2D eigenvalue weighted by atomic mass is 9.77. The first-order valence-corrected chi connectivity index (χ1v) is 13.4. The summed E-state index contributed by atoms with van der Waals surface area (Å²) in [6.45, 7) is 5.18. The van der Waals surface area contributed by atoms with E-state index in [1.807, 2.05) is 34.1 Å². The van der Waals surface area contributed by atoms with Crippen molar-refractivity contribution in [1.29, 1.82) is 0 Å². The molecule has 2 saturated heterocycles. The molecule has 2 heterocycles. The van der Waals surface area contributed by atoms with Crippen LogP contribution in [0.25, 0.3) is 0 Å². The van der Waals surface area contributed by atoms with Gasteiger partial charge in [0.2, 0.25) is 11.8 Å². The molecule has 0 N–H and O–H groups in total. The number of halogens is 1. The SMILES string of the molecule is CN1CCN(C(=O)C[C@@]2(COc3ccc(Cl)cc3)CCCN(C(=O)CCC3CCCC3)C2)CC1. The number of nitrogens with zero attached hydrogens (tertiary/aromatic N) is 3. The fourth-order valence-corrected chi connectivity index (χ4v) is 5.90. The largest absolute Gasteiger partial charge is 0.493 e. The molecule has 3 aliphatic rings. The number of likely N-dealkylation sites (N-methyl/N-ethyl adjacent to an activating group) is 1. The normalized spacial score (nSPS) is 24.4. The number of piperidine rings is 1. The summed E-state index contributed by atoms with van der Waals surface area (Å²) in [6.07, 6.45) is 9.02. The predicted octanol–water partition coefficient (Wildman–Crippen LogP) is 4.46. The van der Waals surface area contributed by atoms with E-state index in [0.717, 1.165) is 57.7 Å². The molecule has 188 valence electrons. The van der Waals surface area contributed by atoms with E-state index >= 15 is 0 Å². The van der Waals surface area contributed by atoms with E-state index in [1.165, 1.54) is 25.7 Å². The summed E-state index contributed by atoms with van der Waals surface area (Å²) in [7, 11) is 2.10. The van der Waals surface area contributed by atoms with Gasteiger partial charge in [0.25, 0.3) is 0 Å². The Labute approximate surface area is 209 Å². The Morgan fingerprint density at radius 3 is 2.38 bits per heavy atom. The Morgan fingerprint density at radius 2 is 1.68 bits per heavy atom. The maximum Gasteiger partial charge on any atom is 0.223 e. The minimum Gasteiger partial charge on any atom is -0.493 e. The minimum absolute atomic E-state index is 0.188. The van der Waals surface area contributed by atoms with Crippen molar-refractivity contribution in [1.82, 2.24) is 14.7 Å². The number of benzene rings is 1. The monoisotopic (exact) mass is 489 g/mol. The summed E-state index contributed by atoms with van der Waals surface area (Å²) in [4.78, 5) is 32.8. The van der Waals surface area contributed by atoms with Crippen LogP contribution in [0.1, 0.15) is 57.8 Å². The summed E-state index contributed by atoms with van der Waals surface area (Å²) in [5, 5.41) is 0.670. The van der Waals surface area contributed by atoms with Crippen LogP contribution in [-0.4, -0.2) is 79.4 Å². The van der Waals surface area contributed by atoms with Gasteiger partial charge >= 0.3 is 0 Å². The summed E-state index contributed by atoms with van der Waals surface area (Å²) in [5.41, 5.74) is -0.360. The van der Waals surface area contributed by atoms with Crippen LogP contribution >= 0.6 is 11.6 Å². The van der Waals surface area contributed by atoms with Crippen LogP contribution in [0.5, 0.6) is 5.75 Å². The molecule has 6 nitrogen and oxygen atoms in total. The van der Waals surface area contributed by atoms with Crippen molar-refractivity contribution in [2.45, 2.75) is 57.8 Å². The maximum absolute atomic E-state index is 13.3. The van der Waals surface area contributed by atoms with Crippen LogP contribution < -0.4 is 4.74 Å². The molecule has 1 aliphatic carbocycles. The van der Waals surface area contributed by atoms with Gasteiger partial charge in [-0.2, -0.15) is 0 Å². The quantitative estimate of drug-likeness (QED) is 0.541. The zero-order valence-corrected chi connectivity index (χ0v) is 21.4. The summed E-state index contributed by atoms with van der Waals surface area (Å²) in [6, 6.07) is 7.37. The second-order valence-electron chi connectivity index (χ2n) is 10.7. The van der Waals surface area contributed by atoms with Crippen LogP contribution in [0.2, 0.25) is 5.02 Å². The standard InChI is InChI=1S/C27H40ClN3O3/c1-29-15-17-30(18-16-29)26(33)19-27(21-34-24-10-8-23(28)9-11-24)13-4-14-31(20-27)25(32)12-7-22-5-2-3-6-22/h8-11,22H,2-7,12-21H2,1H3/t27-/m0/s1. The average Bonchev–Trinajstić information content (AvgIpc) is 3.36. The second-order valence-corrected chi connectivity index (χ2v) is 11.1. The Kier molecular flexibility index (Phi) is 8.75. The Bertz CT molecular complexity index is 819. The number of rotatable bonds is 8. The highest BCUT2D eigenvalue weighted by Crippen LogP contribution is 2.36. The predicted molar refractivity (Wildman–Crippen MR) is 135 cm³/mol. The molecule has 0 spiro atoms. The molecule has 0 aromatic heterocycles. The highest BCUT2D eigenvalue weighted by Gasteiger charge is 2.41. The molecule has 1 aromatic carbocycles. The van der Waals surface area contributed by atoms with Crippen LogP contribution in [0.4, 0.5) is 0 Å². The number of piperazine rings is 1. The van der Waals surface area contributed by atoms with Crippen molar-refractivity contribution in [3.8, 4) is 5.75 Å². The number of likely N-dealkylation sites (tertiary alicyclic amines) is 1. The maximum atomic E-state index is 13.3. The molecule has 2 amide bonds. The number of carbonyl (C=O) groups excluding carboxylic acids is 2. The Hall–Kier alpha value is -1.79. The number of carbonyl (C=O) groups is 2. The summed E-state index contributed by atoms with van der Waals surface area (Å²) < 4.78 is 6.20. The summed E-state index contributed by atoms with van der Waals surface area (Å²) in [5.74, 6) is 1.90. The molecule has 1 saturated carbocycles. The Balaban J connectivity index is 1.42. The third-order valence-corrected chi connectivity index (χ3v) is 8.25. The molecule has 7 heteroatoms. The van der Waals surface area contributed by atoms with Gasteiger partial charge in [-0.05, 0) is 56.5 Å². The van der Waals surface area contributed by atoms with Gasteiger partial charge < -0.3 is 19.4 Å². The lowest BCUT2D eigenvalue weighted by Gasteiger charge is -2.43. The van der Waals surface area contributed by atoms with Gasteiger partial charge in [0.05, 0.1) is 6.61 Å². The van der Waals surface area contributed by atoms with Crippen LogP contribution in [-0.2, 0) is 9.59 Å². The number of ether oxygens (including phenoxy) is 1. The van der Waals surface area contributed by atoms with Gasteiger partial charge in [-0.15, -0.1) is 0 Å². The average molecular weight is 490 g/mol. The Morgan fingerprint density at radius 1 is 0.971 bits per heavy atom. The fraction of sp³-hybridized carbons (Fsp3) is 0.704. The van der Waals surface area contributed by atoms with E-state index in [2.05, 4.69) is 11.9 Å². The van der Waals surface area contributed by atoms with Gasteiger partial charge in [0.1, 0.15) is 5.75 Å². The van der Waals surface area contributed by atoms with Crippen molar-refractivity contribution in [3.05, 3.63) is 29.3 Å². The van der Waals surface area contributed by atoms with Crippen molar-refractivity contribution in [2.75, 3.05) is 52.9 Å². The zero-order chi connectivity index (χ0) is 24.0. The van der Waals surface area contributed by atoms with Crippen molar-refractivity contribution in [3.63, 3.8) is 0 Å². The molecule has 0 bridgehead atoms. The third-order valence-electron chi connectivity index (χ3n) is 8.00. The van der Waals surface area contributed by atoms with E-state index in [9.17, 15) is 9.59 Å². The molecule has 4 rings (SSSR count). The zero-order valence-electron chi connectivity index (χ0n) is 20.6. The molecular weight excluding hydrogens is 450 g/mol. The van der Waals surface area contributed by atoms with Gasteiger partial charge in [0, 0.05) is 62.5 Å². The van der Waals surface area contributed by atoms with Gasteiger partial charge in [-0.1, -0.05) is 37.3 Å². The van der Waals surface area contributed by atoms with Crippen molar-refractivity contribution in [2.24, 2.45) is 11.3 Å². The number of amides is 2. The first-order chi connectivity index (χ1) is 16.4. The van der Waals surface area contributed by atoms with Gasteiger partial charge in [0.15, 0.2) is 0 Å². The molecule has 3 fully saturated rings. The fourth-order valence-electron chi connectivity index (χ4n) is 5.77. The smallest absolute Gasteiger partial charge is 0.223 e. The van der Waals surface area contributed by atoms with Crippen molar-refractivity contribution < 1.29 is 14.3 Å². The number of hydrogen-bond donors (Lipinski definition) is 0. The first-order valence-electron chi connectivity index (χ1n) is 13.0. The van der Waals surface area contributed by atoms with E-state index in [0.29, 0.717) is 36.9 Å². The first kappa shape index (κ1) is 25.3. The van der Waals surface area contributed by atoms with E-state index in [1.54, 1.807) is 0 Å². The van der Waals surface area contributed by atoms with Crippen LogP contribution in [0, 0.1) is 11.3 Å². The van der Waals surface area contributed by atoms with E-state index in [-0.39, 0.29) is 17.2 Å². The van der Waals surface area contributed by atoms with E-state index < -0.39 is 0 Å². The molecule has 0 radical (unpaired) electrons. The van der Waals surface area contributed by atoms with Crippen LogP contribution in [0.3, 0.4) is 0 Å². The molecule has 1 atom stereocenters. The highest BCUT2D eigenvalue weighted by molar-refractivity contribution is 6.30. The highest BCUT2D eigenvalue weighted by atomic mass is 35.5. The topological polar surface area (TPSA) is 53.1 Å².